The Morgan fingerprint density at radius 2 is 2.06 bits per heavy atom. The molecule has 5 heteroatoms. The first-order valence-corrected chi connectivity index (χ1v) is 4.74. The summed E-state index contributed by atoms with van der Waals surface area (Å²) in [6, 6.07) is 1.89. The second kappa shape index (κ2) is 5.67. The summed E-state index contributed by atoms with van der Waals surface area (Å²) in [6.45, 7) is -0.0523. The number of rotatable bonds is 5. The van der Waals surface area contributed by atoms with Crippen LogP contribution in [0.4, 0.5) is 8.78 Å². The van der Waals surface area contributed by atoms with Crippen molar-refractivity contribution in [2.24, 2.45) is 0 Å². The summed E-state index contributed by atoms with van der Waals surface area (Å²) in [5.74, 6) is -1.85. The van der Waals surface area contributed by atoms with Crippen LogP contribution >= 0.6 is 0 Å². The number of methoxy groups -OCH3 is 1. The number of Topliss-reactive ketones (excluding diaryl/α,β-unsaturated/α-hetero) is 1. The number of nitrogens with one attached hydrogen (secondary N) is 1. The van der Waals surface area contributed by atoms with Crippen LogP contribution in [0.2, 0.25) is 0 Å². The quantitative estimate of drug-likeness (QED) is 0.778. The highest BCUT2D eigenvalue weighted by molar-refractivity contribution is 5.97. The molecule has 1 aromatic rings. The predicted molar refractivity (Wildman–Crippen MR) is 55.3 cm³/mol. The Balaban J connectivity index is 3.05. The summed E-state index contributed by atoms with van der Waals surface area (Å²) in [6.07, 6.45) is 0. The van der Waals surface area contributed by atoms with Gasteiger partial charge in [0.2, 0.25) is 0 Å². The molecule has 88 valence electrons. The van der Waals surface area contributed by atoms with Crippen LogP contribution in [0.15, 0.2) is 12.1 Å². The van der Waals surface area contributed by atoms with Crippen molar-refractivity contribution in [3.8, 4) is 0 Å². The zero-order valence-corrected chi connectivity index (χ0v) is 9.14. The molecule has 1 rings (SSSR count). The molecule has 0 aromatic heterocycles. The third kappa shape index (κ3) is 2.84. The summed E-state index contributed by atoms with van der Waals surface area (Å²) in [5, 5.41) is 2.59. The van der Waals surface area contributed by atoms with Crippen molar-refractivity contribution in [2.75, 3.05) is 20.7 Å². The van der Waals surface area contributed by atoms with Crippen LogP contribution in [0.3, 0.4) is 0 Å². The molecule has 1 N–H and O–H groups in total. The Bertz CT molecular complexity index is 394. The van der Waals surface area contributed by atoms with Gasteiger partial charge in [-0.25, -0.2) is 8.78 Å². The van der Waals surface area contributed by atoms with Gasteiger partial charge in [-0.1, -0.05) is 0 Å². The van der Waals surface area contributed by atoms with Crippen molar-refractivity contribution >= 4 is 5.78 Å². The van der Waals surface area contributed by atoms with E-state index < -0.39 is 17.4 Å². The topological polar surface area (TPSA) is 38.3 Å². The largest absolute Gasteiger partial charge is 0.380 e. The van der Waals surface area contributed by atoms with Gasteiger partial charge in [0.25, 0.3) is 0 Å². The number of ketones is 1. The van der Waals surface area contributed by atoms with E-state index in [1.54, 1.807) is 7.05 Å². The van der Waals surface area contributed by atoms with Crippen LogP contribution in [0.25, 0.3) is 0 Å². The van der Waals surface area contributed by atoms with Crippen LogP contribution in [0.1, 0.15) is 15.9 Å². The van der Waals surface area contributed by atoms with Gasteiger partial charge in [0, 0.05) is 12.7 Å². The fourth-order valence-corrected chi connectivity index (χ4v) is 1.32. The van der Waals surface area contributed by atoms with E-state index >= 15 is 0 Å². The molecule has 0 spiro atoms. The van der Waals surface area contributed by atoms with Gasteiger partial charge in [-0.3, -0.25) is 4.79 Å². The van der Waals surface area contributed by atoms with E-state index in [1.165, 1.54) is 7.11 Å². The maximum Gasteiger partial charge on any atom is 0.179 e. The van der Waals surface area contributed by atoms with Crippen molar-refractivity contribution in [3.05, 3.63) is 34.9 Å². The Kier molecular flexibility index (Phi) is 4.52. The molecule has 0 radical (unpaired) electrons. The highest BCUT2D eigenvalue weighted by Crippen LogP contribution is 2.16. The van der Waals surface area contributed by atoms with Gasteiger partial charge in [-0.2, -0.15) is 0 Å². The lowest BCUT2D eigenvalue weighted by Crippen LogP contribution is -2.20. The molecule has 0 atom stereocenters. The summed E-state index contributed by atoms with van der Waals surface area (Å²) in [4.78, 5) is 11.4. The Hall–Kier alpha value is -1.33. The molecule has 0 heterocycles. The fraction of sp³-hybridized carbons (Fsp3) is 0.364. The normalized spacial score (nSPS) is 10.5. The fourth-order valence-electron chi connectivity index (χ4n) is 1.32. The first-order chi connectivity index (χ1) is 7.60. The van der Waals surface area contributed by atoms with E-state index in [9.17, 15) is 13.6 Å². The minimum absolute atomic E-state index is 0.0246. The van der Waals surface area contributed by atoms with Gasteiger partial charge in [-0.15, -0.1) is 0 Å². The van der Waals surface area contributed by atoms with Crippen LogP contribution in [-0.2, 0) is 11.3 Å². The maximum absolute atomic E-state index is 13.5. The van der Waals surface area contributed by atoms with Gasteiger partial charge in [0.1, 0.15) is 11.6 Å². The van der Waals surface area contributed by atoms with E-state index in [0.29, 0.717) is 0 Å². The highest BCUT2D eigenvalue weighted by atomic mass is 19.1. The smallest absolute Gasteiger partial charge is 0.179 e. The Morgan fingerprint density at radius 1 is 1.38 bits per heavy atom. The molecule has 0 aliphatic rings. The molecule has 3 nitrogen and oxygen atoms in total. The van der Waals surface area contributed by atoms with Crippen molar-refractivity contribution in [2.45, 2.75) is 6.61 Å². The summed E-state index contributed by atoms with van der Waals surface area (Å²) in [5.41, 5.74) is -0.146. The number of hydrogen-bond donors (Lipinski definition) is 1. The zero-order valence-electron chi connectivity index (χ0n) is 9.14. The molecular formula is C11H13F2NO2. The molecule has 0 aliphatic carbocycles. The standard InChI is InChI=1S/C11H13F2NO2/c1-14-5-11(15)8-4-9(12)7(6-16-2)3-10(8)13/h3-4,14H,5-6H2,1-2H3. The average molecular weight is 229 g/mol. The molecule has 0 bridgehead atoms. The van der Waals surface area contributed by atoms with E-state index in [4.69, 9.17) is 4.74 Å². The van der Waals surface area contributed by atoms with Gasteiger partial charge in [0.05, 0.1) is 18.7 Å². The van der Waals surface area contributed by atoms with E-state index in [-0.39, 0.29) is 24.3 Å². The van der Waals surface area contributed by atoms with Gasteiger partial charge in [0.15, 0.2) is 5.78 Å². The summed E-state index contributed by atoms with van der Waals surface area (Å²) in [7, 11) is 2.95. The van der Waals surface area contributed by atoms with Crippen LogP contribution in [-0.4, -0.2) is 26.5 Å². The summed E-state index contributed by atoms with van der Waals surface area (Å²) < 4.78 is 31.6. The highest BCUT2D eigenvalue weighted by Gasteiger charge is 2.15. The molecule has 0 saturated carbocycles. The molecule has 16 heavy (non-hydrogen) atoms. The lowest BCUT2D eigenvalue weighted by atomic mass is 10.1. The lowest BCUT2D eigenvalue weighted by molar-refractivity contribution is 0.0989. The third-order valence-electron chi connectivity index (χ3n) is 2.07. The number of likely N-dealkylation sites (N-methyl/N-ethyl adjacent to an activating group) is 1. The van der Waals surface area contributed by atoms with E-state index in [0.717, 1.165) is 12.1 Å². The van der Waals surface area contributed by atoms with Crippen LogP contribution < -0.4 is 5.32 Å². The van der Waals surface area contributed by atoms with Crippen molar-refractivity contribution in [3.63, 3.8) is 0 Å². The molecule has 0 unspecified atom stereocenters. The van der Waals surface area contributed by atoms with Crippen molar-refractivity contribution in [1.82, 2.24) is 5.32 Å². The average Bonchev–Trinajstić information content (AvgIpc) is 2.23. The number of carbonyl (C=O) groups is 1. The Morgan fingerprint density at radius 3 is 2.62 bits per heavy atom. The molecule has 0 amide bonds. The molecule has 1 aromatic carbocycles. The molecule has 0 saturated heterocycles. The maximum atomic E-state index is 13.5. The van der Waals surface area contributed by atoms with Gasteiger partial charge in [-0.05, 0) is 19.2 Å². The molecular weight excluding hydrogens is 216 g/mol. The van der Waals surface area contributed by atoms with E-state index in [1.807, 2.05) is 0 Å². The van der Waals surface area contributed by atoms with Crippen molar-refractivity contribution < 1.29 is 18.3 Å². The van der Waals surface area contributed by atoms with Crippen LogP contribution in [0, 0.1) is 11.6 Å². The second-order valence-corrected chi connectivity index (χ2v) is 3.31. The minimum Gasteiger partial charge on any atom is -0.380 e. The van der Waals surface area contributed by atoms with E-state index in [2.05, 4.69) is 5.32 Å². The first kappa shape index (κ1) is 12.7. The SMILES string of the molecule is CNCC(=O)c1cc(F)c(COC)cc1F. The number of ether oxygens (including phenoxy) is 1. The molecule has 0 aliphatic heterocycles. The van der Waals surface area contributed by atoms with Gasteiger partial charge < -0.3 is 10.1 Å². The zero-order chi connectivity index (χ0) is 12.1. The monoisotopic (exact) mass is 229 g/mol. The Labute approximate surface area is 92.4 Å². The molecule has 0 fully saturated rings. The first-order valence-electron chi connectivity index (χ1n) is 4.74. The number of benzene rings is 1. The minimum atomic E-state index is -0.728. The third-order valence-corrected chi connectivity index (χ3v) is 2.07. The lowest BCUT2D eigenvalue weighted by Gasteiger charge is -2.06. The number of hydrogen-bond acceptors (Lipinski definition) is 3. The van der Waals surface area contributed by atoms with Gasteiger partial charge >= 0.3 is 0 Å². The summed E-state index contributed by atoms with van der Waals surface area (Å²) >= 11 is 0. The second-order valence-electron chi connectivity index (χ2n) is 3.31. The number of carbonyl (C=O) groups excluding carboxylic acids is 1. The number of halogens is 2. The van der Waals surface area contributed by atoms with Crippen LogP contribution in [0.5, 0.6) is 0 Å². The predicted octanol–water partition coefficient (Wildman–Crippen LogP) is 1.51. The van der Waals surface area contributed by atoms with Crippen molar-refractivity contribution in [1.29, 1.82) is 0 Å².